The molecule has 0 saturated heterocycles. The van der Waals surface area contributed by atoms with Crippen molar-refractivity contribution in [2.75, 3.05) is 0 Å². The van der Waals surface area contributed by atoms with Gasteiger partial charge in [-0.15, -0.1) is 0 Å². The second kappa shape index (κ2) is 4.75. The molecule has 0 fully saturated rings. The predicted octanol–water partition coefficient (Wildman–Crippen LogP) is 2.76. The highest BCUT2D eigenvalue weighted by Crippen LogP contribution is 2.13. The first kappa shape index (κ1) is 12.2. The predicted molar refractivity (Wildman–Crippen MR) is 64.3 cm³/mol. The Kier molecular flexibility index (Phi) is 3.61. The average molecular weight is 218 g/mol. The van der Waals surface area contributed by atoms with Crippen LogP contribution in [0, 0.1) is 5.92 Å². The number of hydrogen-bond donors (Lipinski definition) is 0. The van der Waals surface area contributed by atoms with Gasteiger partial charge in [0.15, 0.2) is 5.78 Å². The molecule has 0 unspecified atom stereocenters. The molecule has 84 valence electrons. The molecule has 16 heavy (non-hydrogen) atoms. The molecule has 0 radical (unpaired) electrons. The molecular weight excluding hydrogens is 204 g/mol. The Labute approximate surface area is 94.1 Å². The quantitative estimate of drug-likeness (QED) is 0.730. The molecule has 0 amide bonds. The Morgan fingerprint density at radius 3 is 2.44 bits per heavy atom. The van der Waals surface area contributed by atoms with Gasteiger partial charge in [-0.25, -0.2) is 4.79 Å². The summed E-state index contributed by atoms with van der Waals surface area (Å²) in [5, 5.41) is 0. The number of ketones is 1. The maximum absolute atomic E-state index is 11.7. The molecule has 0 atom stereocenters. The van der Waals surface area contributed by atoms with Crippen molar-refractivity contribution < 1.29 is 9.21 Å². The topological polar surface area (TPSA) is 47.3 Å². The lowest BCUT2D eigenvalue weighted by Crippen LogP contribution is -2.19. The number of rotatable bonds is 4. The molecule has 3 heteroatoms. The van der Waals surface area contributed by atoms with E-state index in [9.17, 15) is 9.59 Å². The number of carbonyl (C=O) groups is 1. The van der Waals surface area contributed by atoms with Gasteiger partial charge < -0.3 is 4.42 Å². The standard InChI is InChI=1S/C13H14O3/c1-5-9-7-10(12(14)8(3)4)13(15)16-11(9)6-2/h5-8H,1-2H2,3-4H3. The summed E-state index contributed by atoms with van der Waals surface area (Å²) in [6.07, 6.45) is 2.94. The van der Waals surface area contributed by atoms with E-state index in [1.165, 1.54) is 18.2 Å². The van der Waals surface area contributed by atoms with E-state index in [1.807, 2.05) is 0 Å². The van der Waals surface area contributed by atoms with Crippen LogP contribution in [-0.2, 0) is 0 Å². The molecule has 1 heterocycles. The molecule has 0 saturated carbocycles. The molecule has 0 aliphatic heterocycles. The third kappa shape index (κ3) is 2.19. The third-order valence-electron chi connectivity index (χ3n) is 2.20. The summed E-state index contributed by atoms with van der Waals surface area (Å²) >= 11 is 0. The van der Waals surface area contributed by atoms with E-state index in [2.05, 4.69) is 13.2 Å². The van der Waals surface area contributed by atoms with Gasteiger partial charge in [0.05, 0.1) is 0 Å². The fraction of sp³-hybridized carbons (Fsp3) is 0.231. The molecule has 3 nitrogen and oxygen atoms in total. The maximum atomic E-state index is 11.7. The Morgan fingerprint density at radius 1 is 1.38 bits per heavy atom. The Hall–Kier alpha value is -1.90. The van der Waals surface area contributed by atoms with Crippen LogP contribution >= 0.6 is 0 Å². The maximum Gasteiger partial charge on any atom is 0.347 e. The smallest absolute Gasteiger partial charge is 0.347 e. The Morgan fingerprint density at radius 2 is 2.00 bits per heavy atom. The highest BCUT2D eigenvalue weighted by molar-refractivity contribution is 5.97. The van der Waals surface area contributed by atoms with Gasteiger partial charge in [-0.3, -0.25) is 4.79 Å². The largest absolute Gasteiger partial charge is 0.422 e. The fourth-order valence-electron chi connectivity index (χ4n) is 1.30. The molecule has 0 spiro atoms. The second-order valence-corrected chi connectivity index (χ2v) is 3.69. The van der Waals surface area contributed by atoms with Crippen molar-refractivity contribution in [3.8, 4) is 0 Å². The molecule has 0 aliphatic carbocycles. The van der Waals surface area contributed by atoms with E-state index < -0.39 is 5.63 Å². The SMILES string of the molecule is C=Cc1cc(C(=O)C(C)C)c(=O)oc1C=C. The van der Waals surface area contributed by atoms with E-state index in [-0.39, 0.29) is 17.3 Å². The van der Waals surface area contributed by atoms with Crippen molar-refractivity contribution in [1.82, 2.24) is 0 Å². The molecule has 0 aromatic carbocycles. The summed E-state index contributed by atoms with van der Waals surface area (Å²) in [4.78, 5) is 23.3. The van der Waals surface area contributed by atoms with Gasteiger partial charge in [0, 0.05) is 11.5 Å². The molecule has 0 bridgehead atoms. The minimum Gasteiger partial charge on any atom is -0.422 e. The zero-order chi connectivity index (χ0) is 12.3. The molecule has 0 aliphatic rings. The summed E-state index contributed by atoms with van der Waals surface area (Å²) in [7, 11) is 0. The van der Waals surface area contributed by atoms with E-state index >= 15 is 0 Å². The second-order valence-electron chi connectivity index (χ2n) is 3.69. The summed E-state index contributed by atoms with van der Waals surface area (Å²) in [5.74, 6) is -0.136. The van der Waals surface area contributed by atoms with Gasteiger partial charge in [-0.05, 0) is 12.1 Å². The summed E-state index contributed by atoms with van der Waals surface area (Å²) in [6, 6.07) is 1.50. The van der Waals surface area contributed by atoms with Crippen molar-refractivity contribution in [3.63, 3.8) is 0 Å². The molecule has 0 N–H and O–H groups in total. The fourth-order valence-corrected chi connectivity index (χ4v) is 1.30. The van der Waals surface area contributed by atoms with Crippen LogP contribution in [-0.4, -0.2) is 5.78 Å². The van der Waals surface area contributed by atoms with Gasteiger partial charge in [0.25, 0.3) is 0 Å². The Bertz CT molecular complexity index is 492. The van der Waals surface area contributed by atoms with Gasteiger partial charge in [-0.2, -0.15) is 0 Å². The molecule has 1 aromatic heterocycles. The van der Waals surface area contributed by atoms with Crippen molar-refractivity contribution in [1.29, 1.82) is 0 Å². The van der Waals surface area contributed by atoms with Crippen LogP contribution in [0.4, 0.5) is 0 Å². The average Bonchev–Trinajstić information content (AvgIpc) is 2.27. The van der Waals surface area contributed by atoms with Gasteiger partial charge in [0.2, 0.25) is 0 Å². The molecule has 1 aromatic rings. The van der Waals surface area contributed by atoms with Crippen LogP contribution in [0.5, 0.6) is 0 Å². The Balaban J connectivity index is 3.43. The van der Waals surface area contributed by atoms with Crippen molar-refractivity contribution in [2.45, 2.75) is 13.8 Å². The van der Waals surface area contributed by atoms with E-state index in [0.717, 1.165) is 0 Å². The van der Waals surface area contributed by atoms with Gasteiger partial charge in [0.1, 0.15) is 11.3 Å². The minimum atomic E-state index is -0.626. The van der Waals surface area contributed by atoms with Gasteiger partial charge in [-0.1, -0.05) is 33.1 Å². The van der Waals surface area contributed by atoms with Crippen molar-refractivity contribution in [3.05, 3.63) is 46.5 Å². The minimum absolute atomic E-state index is 0.0653. The number of hydrogen-bond acceptors (Lipinski definition) is 3. The normalized spacial score (nSPS) is 10.2. The van der Waals surface area contributed by atoms with Crippen LogP contribution in [0.25, 0.3) is 12.2 Å². The monoisotopic (exact) mass is 218 g/mol. The lowest BCUT2D eigenvalue weighted by Gasteiger charge is -2.05. The van der Waals surface area contributed by atoms with Crippen LogP contribution < -0.4 is 5.63 Å². The summed E-state index contributed by atoms with van der Waals surface area (Å²) in [6.45, 7) is 10.6. The van der Waals surface area contributed by atoms with Crippen molar-refractivity contribution >= 4 is 17.9 Å². The van der Waals surface area contributed by atoms with E-state index in [1.54, 1.807) is 13.8 Å². The van der Waals surface area contributed by atoms with Crippen LogP contribution in [0.15, 0.2) is 28.4 Å². The summed E-state index contributed by atoms with van der Waals surface area (Å²) < 4.78 is 4.99. The van der Waals surface area contributed by atoms with Crippen LogP contribution in [0.2, 0.25) is 0 Å². The number of carbonyl (C=O) groups excluding carboxylic acids is 1. The van der Waals surface area contributed by atoms with E-state index in [4.69, 9.17) is 4.42 Å². The number of Topliss-reactive ketones (excluding diaryl/α,β-unsaturated/α-hetero) is 1. The first-order valence-corrected chi connectivity index (χ1v) is 4.98. The van der Waals surface area contributed by atoms with Crippen LogP contribution in [0.3, 0.4) is 0 Å². The third-order valence-corrected chi connectivity index (χ3v) is 2.20. The van der Waals surface area contributed by atoms with Crippen molar-refractivity contribution in [2.24, 2.45) is 5.92 Å². The summed E-state index contributed by atoms with van der Waals surface area (Å²) in [5.41, 5.74) is 0.0355. The van der Waals surface area contributed by atoms with Crippen LogP contribution in [0.1, 0.15) is 35.5 Å². The zero-order valence-electron chi connectivity index (χ0n) is 9.45. The highest BCUT2D eigenvalue weighted by Gasteiger charge is 2.17. The first-order chi connectivity index (χ1) is 7.51. The lowest BCUT2D eigenvalue weighted by molar-refractivity contribution is 0.0935. The molecular formula is C13H14O3. The van der Waals surface area contributed by atoms with E-state index in [0.29, 0.717) is 11.3 Å². The van der Waals surface area contributed by atoms with Gasteiger partial charge >= 0.3 is 5.63 Å². The zero-order valence-corrected chi connectivity index (χ0v) is 9.45. The lowest BCUT2D eigenvalue weighted by atomic mass is 10.0. The molecule has 1 rings (SSSR count). The first-order valence-electron chi connectivity index (χ1n) is 4.98. The highest BCUT2D eigenvalue weighted by atomic mass is 16.4.